The minimum atomic E-state index is -0.671. The first-order valence-corrected chi connectivity index (χ1v) is 18.1. The molecule has 4 heteroatoms. The average molecular weight is 567 g/mol. The van der Waals surface area contributed by atoms with Gasteiger partial charge in [0.15, 0.2) is 0 Å². The lowest BCUT2D eigenvalue weighted by Crippen LogP contribution is -2.43. The van der Waals surface area contributed by atoms with E-state index in [0.29, 0.717) is 24.2 Å². The van der Waals surface area contributed by atoms with Crippen molar-refractivity contribution >= 4 is 5.97 Å². The summed E-state index contributed by atoms with van der Waals surface area (Å²) in [5, 5.41) is 19.2. The Bertz CT molecular complexity index is 565. The van der Waals surface area contributed by atoms with E-state index in [1.54, 1.807) is 0 Å². The van der Waals surface area contributed by atoms with Gasteiger partial charge in [0.2, 0.25) is 0 Å². The van der Waals surface area contributed by atoms with E-state index in [4.69, 9.17) is 9.99 Å². The van der Waals surface area contributed by atoms with Crippen LogP contribution in [0.25, 0.3) is 0 Å². The number of unbranched alkanes of at least 4 members (excludes halogenated alkanes) is 16. The quantitative estimate of drug-likeness (QED) is 0.0561. The van der Waals surface area contributed by atoms with Crippen molar-refractivity contribution in [3.8, 4) is 0 Å². The molecule has 1 saturated carbocycles. The van der Waals surface area contributed by atoms with Crippen molar-refractivity contribution in [3.63, 3.8) is 0 Å². The highest BCUT2D eigenvalue weighted by Crippen LogP contribution is 2.48. The van der Waals surface area contributed by atoms with Crippen LogP contribution in [0.5, 0.6) is 0 Å². The van der Waals surface area contributed by atoms with E-state index in [9.17, 15) is 10.1 Å². The second-order valence-corrected chi connectivity index (χ2v) is 13.3. The number of hydrogen-bond donors (Lipinski definition) is 2. The first-order chi connectivity index (χ1) is 19.6. The van der Waals surface area contributed by atoms with E-state index in [1.807, 2.05) is 0 Å². The first kappa shape index (κ1) is 37.4. The highest BCUT2D eigenvalue weighted by atomic mass is 17.1. The summed E-state index contributed by atoms with van der Waals surface area (Å²) in [5.41, 5.74) is 0. The Hall–Kier alpha value is -0.610. The Labute approximate surface area is 249 Å². The van der Waals surface area contributed by atoms with Gasteiger partial charge in [-0.3, -0.25) is 10.1 Å². The summed E-state index contributed by atoms with van der Waals surface area (Å²) >= 11 is 0. The van der Waals surface area contributed by atoms with Gasteiger partial charge in [-0.05, 0) is 55.8 Å². The molecule has 0 spiro atoms. The lowest BCUT2D eigenvalue weighted by Gasteiger charge is -2.46. The van der Waals surface area contributed by atoms with Crippen LogP contribution in [0.3, 0.4) is 0 Å². The lowest BCUT2D eigenvalue weighted by atomic mass is 9.60. The zero-order chi connectivity index (χ0) is 29.3. The molecular formula is C36H70O4. The Kier molecular flexibility index (Phi) is 24.4. The van der Waals surface area contributed by atoms with Crippen LogP contribution in [-0.2, 0) is 9.68 Å². The Balaban J connectivity index is 2.86. The smallest absolute Gasteiger partial charge is 0.303 e. The predicted octanol–water partition coefficient (Wildman–Crippen LogP) is 12.0. The summed E-state index contributed by atoms with van der Waals surface area (Å²) in [6, 6.07) is 0. The number of carboxylic acids is 1. The zero-order valence-electron chi connectivity index (χ0n) is 27.2. The van der Waals surface area contributed by atoms with Crippen LogP contribution in [0.1, 0.15) is 194 Å². The van der Waals surface area contributed by atoms with Crippen LogP contribution in [-0.4, -0.2) is 22.4 Å². The topological polar surface area (TPSA) is 66.8 Å². The van der Waals surface area contributed by atoms with Crippen LogP contribution in [0.4, 0.5) is 0 Å². The van der Waals surface area contributed by atoms with Gasteiger partial charge in [0.25, 0.3) is 0 Å². The molecule has 1 fully saturated rings. The SMILES string of the molecule is CCCCCCCCCC(OO)C1C(CCCCCCCC(=O)O)CCC(CCCCCC)C1CCCCCC. The molecule has 0 heterocycles. The summed E-state index contributed by atoms with van der Waals surface area (Å²) in [4.78, 5) is 16.3. The third-order valence-electron chi connectivity index (χ3n) is 9.99. The van der Waals surface area contributed by atoms with Gasteiger partial charge in [-0.1, -0.05) is 156 Å². The molecule has 2 N–H and O–H groups in total. The molecule has 238 valence electrons. The van der Waals surface area contributed by atoms with Crippen molar-refractivity contribution < 1.29 is 20.0 Å². The van der Waals surface area contributed by atoms with Crippen LogP contribution in [0.2, 0.25) is 0 Å². The molecule has 0 radical (unpaired) electrons. The van der Waals surface area contributed by atoms with Crippen molar-refractivity contribution in [3.05, 3.63) is 0 Å². The molecule has 40 heavy (non-hydrogen) atoms. The summed E-state index contributed by atoms with van der Waals surface area (Å²) < 4.78 is 0. The summed E-state index contributed by atoms with van der Waals surface area (Å²) in [6.07, 6.45) is 33.0. The number of carbonyl (C=O) groups is 1. The van der Waals surface area contributed by atoms with Crippen LogP contribution in [0.15, 0.2) is 0 Å². The Morgan fingerprint density at radius 2 is 1.07 bits per heavy atom. The van der Waals surface area contributed by atoms with E-state index >= 15 is 0 Å². The molecule has 0 aromatic rings. The van der Waals surface area contributed by atoms with Gasteiger partial charge >= 0.3 is 5.97 Å². The van der Waals surface area contributed by atoms with E-state index in [0.717, 1.165) is 31.6 Å². The van der Waals surface area contributed by atoms with Crippen molar-refractivity contribution in [1.29, 1.82) is 0 Å². The molecule has 0 aromatic carbocycles. The van der Waals surface area contributed by atoms with Crippen LogP contribution in [0, 0.1) is 23.7 Å². The van der Waals surface area contributed by atoms with Gasteiger partial charge in [0.1, 0.15) is 0 Å². The third kappa shape index (κ3) is 17.4. The molecule has 0 saturated heterocycles. The molecular weight excluding hydrogens is 496 g/mol. The molecule has 0 aromatic heterocycles. The highest BCUT2D eigenvalue weighted by Gasteiger charge is 2.42. The summed E-state index contributed by atoms with van der Waals surface area (Å²) in [7, 11) is 0. The number of aliphatic carboxylic acids is 1. The van der Waals surface area contributed by atoms with Gasteiger partial charge < -0.3 is 5.11 Å². The zero-order valence-corrected chi connectivity index (χ0v) is 27.2. The standard InChI is InChI=1S/C36H70O4/c1-4-7-10-13-14-17-22-27-34(40-39)36-32(25-20-16-15-18-23-28-35(37)38)30-29-31(24-19-11-8-5-2)33(36)26-21-12-9-6-3/h31-34,36,39H,4-30H2,1-3H3,(H,37,38). The van der Waals surface area contributed by atoms with E-state index < -0.39 is 5.97 Å². The third-order valence-corrected chi connectivity index (χ3v) is 9.99. The number of carboxylic acid groups (broad SMARTS) is 1. The maximum absolute atomic E-state index is 10.8. The minimum Gasteiger partial charge on any atom is -0.481 e. The van der Waals surface area contributed by atoms with Gasteiger partial charge in [-0.15, -0.1) is 0 Å². The monoisotopic (exact) mass is 567 g/mol. The van der Waals surface area contributed by atoms with Gasteiger partial charge in [-0.2, -0.15) is 0 Å². The van der Waals surface area contributed by atoms with Crippen molar-refractivity contribution in [1.82, 2.24) is 0 Å². The van der Waals surface area contributed by atoms with Crippen molar-refractivity contribution in [2.45, 2.75) is 200 Å². The van der Waals surface area contributed by atoms with Gasteiger partial charge in [0.05, 0.1) is 6.10 Å². The lowest BCUT2D eigenvalue weighted by molar-refractivity contribution is -0.303. The molecule has 0 aliphatic heterocycles. The molecule has 5 unspecified atom stereocenters. The number of hydrogen-bond acceptors (Lipinski definition) is 3. The maximum Gasteiger partial charge on any atom is 0.303 e. The highest BCUT2D eigenvalue weighted by molar-refractivity contribution is 5.66. The molecule has 0 bridgehead atoms. The van der Waals surface area contributed by atoms with Crippen molar-refractivity contribution in [2.75, 3.05) is 0 Å². The van der Waals surface area contributed by atoms with E-state index in [2.05, 4.69) is 20.8 Å². The fourth-order valence-corrected chi connectivity index (χ4v) is 7.67. The number of rotatable bonds is 28. The van der Waals surface area contributed by atoms with Crippen molar-refractivity contribution in [2.24, 2.45) is 23.7 Å². The second kappa shape index (κ2) is 26.1. The van der Waals surface area contributed by atoms with E-state index in [1.165, 1.54) is 141 Å². The largest absolute Gasteiger partial charge is 0.481 e. The molecule has 5 atom stereocenters. The first-order valence-electron chi connectivity index (χ1n) is 18.1. The predicted molar refractivity (Wildman–Crippen MR) is 171 cm³/mol. The fraction of sp³-hybridized carbons (Fsp3) is 0.972. The molecule has 0 amide bonds. The van der Waals surface area contributed by atoms with Crippen LogP contribution < -0.4 is 0 Å². The average Bonchev–Trinajstić information content (AvgIpc) is 2.95. The summed E-state index contributed by atoms with van der Waals surface area (Å²) in [6.45, 7) is 6.88. The molecule has 1 rings (SSSR count). The maximum atomic E-state index is 10.8. The molecule has 1 aliphatic rings. The van der Waals surface area contributed by atoms with E-state index in [-0.39, 0.29) is 6.10 Å². The normalized spacial score (nSPS) is 22.0. The summed E-state index contributed by atoms with van der Waals surface area (Å²) in [5.74, 6) is 1.96. The Morgan fingerprint density at radius 3 is 1.65 bits per heavy atom. The van der Waals surface area contributed by atoms with Gasteiger partial charge in [0, 0.05) is 6.42 Å². The second-order valence-electron chi connectivity index (χ2n) is 13.3. The molecule has 1 aliphatic carbocycles. The molecule has 4 nitrogen and oxygen atoms in total. The fourth-order valence-electron chi connectivity index (χ4n) is 7.67. The van der Waals surface area contributed by atoms with Crippen LogP contribution >= 0.6 is 0 Å². The Morgan fingerprint density at radius 1 is 0.625 bits per heavy atom. The van der Waals surface area contributed by atoms with Gasteiger partial charge in [-0.25, -0.2) is 4.89 Å². The minimum absolute atomic E-state index is 0.00850.